The molecule has 0 aliphatic carbocycles. The summed E-state index contributed by atoms with van der Waals surface area (Å²) >= 11 is 2.90. The lowest BCUT2D eigenvalue weighted by Crippen LogP contribution is -2.28. The van der Waals surface area contributed by atoms with E-state index in [9.17, 15) is 18.0 Å². The van der Waals surface area contributed by atoms with Crippen molar-refractivity contribution in [3.05, 3.63) is 69.0 Å². The van der Waals surface area contributed by atoms with Gasteiger partial charge in [0.25, 0.3) is 5.91 Å². The summed E-state index contributed by atoms with van der Waals surface area (Å²) in [5, 5.41) is 6.38. The summed E-state index contributed by atoms with van der Waals surface area (Å²) in [5.41, 5.74) is 0.697. The first-order valence-corrected chi connectivity index (χ1v) is 13.5. The Morgan fingerprint density at radius 1 is 1.03 bits per heavy atom. The number of rotatable bonds is 8. The summed E-state index contributed by atoms with van der Waals surface area (Å²) in [7, 11) is -3.59. The highest BCUT2D eigenvalue weighted by Gasteiger charge is 2.27. The van der Waals surface area contributed by atoms with Crippen LogP contribution in [0, 0.1) is 0 Å². The molecule has 33 heavy (non-hydrogen) atoms. The van der Waals surface area contributed by atoms with Gasteiger partial charge in [-0.1, -0.05) is 18.2 Å². The fraction of sp³-hybridized carbons (Fsp3) is 0.217. The van der Waals surface area contributed by atoms with E-state index in [0.717, 1.165) is 22.6 Å². The van der Waals surface area contributed by atoms with E-state index >= 15 is 0 Å². The number of carbonyl (C=O) groups excluding carboxylic acids is 2. The minimum Gasteiger partial charge on any atom is -0.452 e. The monoisotopic (exact) mass is 502 g/mol. The molecule has 0 radical (unpaired) electrons. The predicted octanol–water partition coefficient (Wildman–Crippen LogP) is 4.32. The van der Waals surface area contributed by atoms with Gasteiger partial charge in [-0.2, -0.15) is 4.31 Å². The van der Waals surface area contributed by atoms with E-state index in [2.05, 4.69) is 5.32 Å². The van der Waals surface area contributed by atoms with E-state index in [1.165, 1.54) is 39.1 Å². The number of anilines is 1. The number of ether oxygens (including phenoxy) is 1. The van der Waals surface area contributed by atoms with Crippen LogP contribution in [-0.2, 0) is 24.3 Å². The third-order valence-corrected chi connectivity index (χ3v) is 8.61. The highest BCUT2D eigenvalue weighted by atomic mass is 32.2. The second-order valence-corrected chi connectivity index (χ2v) is 11.2. The highest BCUT2D eigenvalue weighted by molar-refractivity contribution is 7.89. The van der Waals surface area contributed by atoms with E-state index < -0.39 is 28.5 Å². The molecule has 4 rings (SSSR count). The van der Waals surface area contributed by atoms with Crippen molar-refractivity contribution in [1.82, 2.24) is 4.31 Å². The quantitative estimate of drug-likeness (QED) is 0.366. The number of benzene rings is 1. The predicted molar refractivity (Wildman–Crippen MR) is 131 cm³/mol. The lowest BCUT2D eigenvalue weighted by atomic mass is 10.2. The third-order valence-electron chi connectivity index (χ3n) is 4.99. The van der Waals surface area contributed by atoms with Gasteiger partial charge >= 0.3 is 5.97 Å². The summed E-state index contributed by atoms with van der Waals surface area (Å²) in [6.45, 7) is 0.510. The number of nitrogens with one attached hydrogen (secondary N) is 1. The van der Waals surface area contributed by atoms with E-state index in [-0.39, 0.29) is 4.90 Å². The van der Waals surface area contributed by atoms with Crippen LogP contribution in [-0.4, -0.2) is 44.3 Å². The molecule has 0 saturated carbocycles. The molecule has 1 fully saturated rings. The molecule has 1 aliphatic rings. The fourth-order valence-electron chi connectivity index (χ4n) is 3.40. The van der Waals surface area contributed by atoms with Gasteiger partial charge in [-0.15, -0.1) is 22.7 Å². The maximum absolute atomic E-state index is 12.7. The Morgan fingerprint density at radius 3 is 2.48 bits per heavy atom. The Balaban J connectivity index is 1.40. The topological polar surface area (TPSA) is 92.8 Å². The Hall–Kier alpha value is -2.79. The third kappa shape index (κ3) is 5.77. The van der Waals surface area contributed by atoms with Crippen LogP contribution in [0.1, 0.15) is 22.6 Å². The minimum absolute atomic E-state index is 0.123. The average molecular weight is 503 g/mol. The first-order valence-electron chi connectivity index (χ1n) is 10.3. The molecule has 1 saturated heterocycles. The Kier molecular flexibility index (Phi) is 7.39. The van der Waals surface area contributed by atoms with Crippen LogP contribution in [0.4, 0.5) is 5.69 Å². The van der Waals surface area contributed by atoms with Gasteiger partial charge in [0, 0.05) is 28.5 Å². The van der Waals surface area contributed by atoms with E-state index in [1.54, 1.807) is 18.2 Å². The molecule has 1 amide bonds. The maximum Gasteiger partial charge on any atom is 0.340 e. The zero-order valence-electron chi connectivity index (χ0n) is 17.6. The number of carbonyl (C=O) groups is 2. The van der Waals surface area contributed by atoms with Gasteiger partial charge in [-0.25, -0.2) is 13.2 Å². The fourth-order valence-corrected chi connectivity index (χ4v) is 6.35. The van der Waals surface area contributed by atoms with Gasteiger partial charge in [0.15, 0.2) is 6.61 Å². The van der Waals surface area contributed by atoms with Crippen molar-refractivity contribution in [2.45, 2.75) is 17.7 Å². The van der Waals surface area contributed by atoms with Gasteiger partial charge in [-0.05, 0) is 60.0 Å². The normalized spacial score (nSPS) is 14.8. The average Bonchev–Trinajstić information content (AvgIpc) is 3.59. The molecule has 1 aliphatic heterocycles. The van der Waals surface area contributed by atoms with Crippen molar-refractivity contribution in [1.29, 1.82) is 0 Å². The van der Waals surface area contributed by atoms with Crippen LogP contribution in [0.25, 0.3) is 11.6 Å². The SMILES string of the molecule is O=C(COC(=O)C(=Cc1cccs1)c1cccs1)Nc1cccc(S(=O)(=O)N2CCCC2)c1. The molecule has 0 spiro atoms. The number of hydrogen-bond acceptors (Lipinski definition) is 7. The second-order valence-electron chi connectivity index (χ2n) is 7.31. The Labute approximate surface area is 200 Å². The molecule has 2 aromatic heterocycles. The Morgan fingerprint density at radius 2 is 1.79 bits per heavy atom. The summed E-state index contributed by atoms with van der Waals surface area (Å²) < 4.78 is 32.2. The van der Waals surface area contributed by atoms with Gasteiger partial charge in [0.2, 0.25) is 10.0 Å². The number of sulfonamides is 1. The molecule has 1 N–H and O–H groups in total. The first-order chi connectivity index (χ1) is 15.9. The molecule has 10 heteroatoms. The van der Waals surface area contributed by atoms with Crippen LogP contribution in [0.3, 0.4) is 0 Å². The van der Waals surface area contributed by atoms with Crippen LogP contribution >= 0.6 is 22.7 Å². The van der Waals surface area contributed by atoms with Crippen molar-refractivity contribution < 1.29 is 22.7 Å². The van der Waals surface area contributed by atoms with Crippen LogP contribution < -0.4 is 5.32 Å². The molecule has 172 valence electrons. The van der Waals surface area contributed by atoms with Gasteiger partial charge in [0.1, 0.15) is 0 Å². The number of thiophene rings is 2. The zero-order chi connectivity index (χ0) is 23.3. The van der Waals surface area contributed by atoms with E-state index in [1.807, 2.05) is 35.0 Å². The van der Waals surface area contributed by atoms with Crippen LogP contribution in [0.15, 0.2) is 64.2 Å². The largest absolute Gasteiger partial charge is 0.452 e. The Bertz CT molecular complexity index is 1240. The standard InChI is InChI=1S/C23H22N2O5S3/c26-22(24-17-6-3-8-19(14-17)33(28,29)25-10-1-2-11-25)16-30-23(27)20(21-9-5-13-32-21)15-18-7-4-12-31-18/h3-9,12-15H,1-2,10-11,16H2,(H,24,26). The molecular weight excluding hydrogens is 480 g/mol. The van der Waals surface area contributed by atoms with Crippen LogP contribution in [0.5, 0.6) is 0 Å². The summed E-state index contributed by atoms with van der Waals surface area (Å²) in [4.78, 5) is 26.9. The molecule has 0 bridgehead atoms. The second kappa shape index (κ2) is 10.4. The summed E-state index contributed by atoms with van der Waals surface area (Å²) in [5.74, 6) is -1.16. The molecule has 0 unspecified atom stereocenters. The van der Waals surface area contributed by atoms with Crippen molar-refractivity contribution in [3.63, 3.8) is 0 Å². The molecule has 3 aromatic rings. The van der Waals surface area contributed by atoms with Crippen molar-refractivity contribution in [2.24, 2.45) is 0 Å². The highest BCUT2D eigenvalue weighted by Crippen LogP contribution is 2.26. The van der Waals surface area contributed by atoms with Crippen LogP contribution in [0.2, 0.25) is 0 Å². The van der Waals surface area contributed by atoms with Gasteiger partial charge in [-0.3, -0.25) is 4.79 Å². The molecular formula is C23H22N2O5S3. The van der Waals surface area contributed by atoms with Crippen molar-refractivity contribution >= 4 is 61.9 Å². The zero-order valence-corrected chi connectivity index (χ0v) is 20.0. The first kappa shape index (κ1) is 23.4. The lowest BCUT2D eigenvalue weighted by Gasteiger charge is -2.16. The molecule has 1 aromatic carbocycles. The van der Waals surface area contributed by atoms with Crippen molar-refractivity contribution in [2.75, 3.05) is 25.0 Å². The van der Waals surface area contributed by atoms with Gasteiger partial charge in [0.05, 0.1) is 10.5 Å². The number of nitrogens with zero attached hydrogens (tertiary/aromatic N) is 1. The number of amides is 1. The molecule has 3 heterocycles. The van der Waals surface area contributed by atoms with Gasteiger partial charge < -0.3 is 10.1 Å². The van der Waals surface area contributed by atoms with E-state index in [0.29, 0.717) is 24.4 Å². The number of hydrogen-bond donors (Lipinski definition) is 1. The smallest absolute Gasteiger partial charge is 0.340 e. The minimum atomic E-state index is -3.59. The number of esters is 1. The van der Waals surface area contributed by atoms with Crippen molar-refractivity contribution in [3.8, 4) is 0 Å². The lowest BCUT2D eigenvalue weighted by molar-refractivity contribution is -0.141. The summed E-state index contributed by atoms with van der Waals surface area (Å²) in [6, 6.07) is 13.5. The van der Waals surface area contributed by atoms with E-state index in [4.69, 9.17) is 4.74 Å². The summed E-state index contributed by atoms with van der Waals surface area (Å²) in [6.07, 6.45) is 3.42. The molecule has 0 atom stereocenters. The molecule has 7 nitrogen and oxygen atoms in total. The maximum atomic E-state index is 12.7.